The first-order chi connectivity index (χ1) is 11.1. The molecule has 0 bridgehead atoms. The summed E-state index contributed by atoms with van der Waals surface area (Å²) in [7, 11) is 0. The van der Waals surface area contributed by atoms with Crippen molar-refractivity contribution in [3.8, 4) is 45.6 Å². The van der Waals surface area contributed by atoms with Crippen LogP contribution >= 0.6 is 0 Å². The highest BCUT2D eigenvalue weighted by Gasteiger charge is 2.17. The van der Waals surface area contributed by atoms with Crippen LogP contribution in [0.3, 0.4) is 0 Å². The van der Waals surface area contributed by atoms with Gasteiger partial charge in [0.25, 0.3) is 0 Å². The molecular weight excluding hydrogens is 290 g/mol. The Labute approximate surface area is 133 Å². The van der Waals surface area contributed by atoms with Crippen LogP contribution in [0, 0.1) is 11.3 Å². The van der Waals surface area contributed by atoms with E-state index in [0.717, 1.165) is 0 Å². The molecule has 23 heavy (non-hydrogen) atoms. The highest BCUT2D eigenvalue weighted by Crippen LogP contribution is 2.44. The topological polar surface area (TPSA) is 84.5 Å². The number of aromatic hydroxyl groups is 3. The van der Waals surface area contributed by atoms with E-state index < -0.39 is 0 Å². The van der Waals surface area contributed by atoms with Crippen LogP contribution in [0.1, 0.15) is 5.56 Å². The maximum absolute atomic E-state index is 10.3. The second-order valence-corrected chi connectivity index (χ2v) is 5.06. The van der Waals surface area contributed by atoms with Gasteiger partial charge in [-0.1, -0.05) is 30.3 Å². The van der Waals surface area contributed by atoms with Gasteiger partial charge in [-0.2, -0.15) is 5.26 Å². The van der Waals surface area contributed by atoms with Gasteiger partial charge in [0.1, 0.15) is 17.2 Å². The normalized spacial score (nSPS) is 10.2. The average molecular weight is 303 g/mol. The molecule has 0 saturated heterocycles. The van der Waals surface area contributed by atoms with Gasteiger partial charge in [-0.3, -0.25) is 0 Å². The second-order valence-electron chi connectivity index (χ2n) is 5.06. The first kappa shape index (κ1) is 14.5. The molecule has 112 valence electrons. The summed E-state index contributed by atoms with van der Waals surface area (Å²) in [5.74, 6) is -0.0337. The number of phenols is 3. The Kier molecular flexibility index (Phi) is 3.62. The molecule has 0 unspecified atom stereocenters. The Morgan fingerprint density at radius 2 is 1.30 bits per heavy atom. The molecule has 3 aromatic carbocycles. The molecule has 4 nitrogen and oxygen atoms in total. The Bertz CT molecular complexity index is 926. The quantitative estimate of drug-likeness (QED) is 0.668. The van der Waals surface area contributed by atoms with Gasteiger partial charge in [0.05, 0.1) is 11.6 Å². The fourth-order valence-corrected chi connectivity index (χ4v) is 2.55. The molecule has 0 atom stereocenters. The SMILES string of the molecule is N#Cc1ccc(O)c(-c2c(O)cccc2-c2ccccc2O)c1. The van der Waals surface area contributed by atoms with Crippen LogP contribution in [0.15, 0.2) is 60.7 Å². The average Bonchev–Trinajstić information content (AvgIpc) is 2.56. The third kappa shape index (κ3) is 2.56. The third-order valence-corrected chi connectivity index (χ3v) is 3.63. The highest BCUT2D eigenvalue weighted by molar-refractivity contribution is 5.91. The van der Waals surface area contributed by atoms with Crippen LogP contribution < -0.4 is 0 Å². The molecule has 0 heterocycles. The predicted octanol–water partition coefficient (Wildman–Crippen LogP) is 4.01. The Hall–Kier alpha value is -3.45. The molecule has 4 heteroatoms. The van der Waals surface area contributed by atoms with Crippen molar-refractivity contribution in [2.24, 2.45) is 0 Å². The molecule has 0 radical (unpaired) electrons. The van der Waals surface area contributed by atoms with Gasteiger partial charge in [0, 0.05) is 16.7 Å². The lowest BCUT2D eigenvalue weighted by atomic mass is 9.92. The van der Waals surface area contributed by atoms with Crippen molar-refractivity contribution in [2.45, 2.75) is 0 Å². The van der Waals surface area contributed by atoms with Crippen molar-refractivity contribution in [2.75, 3.05) is 0 Å². The number of rotatable bonds is 2. The number of nitrogens with zero attached hydrogens (tertiary/aromatic N) is 1. The Morgan fingerprint density at radius 3 is 2.04 bits per heavy atom. The smallest absolute Gasteiger partial charge is 0.124 e. The summed E-state index contributed by atoms with van der Waals surface area (Å²) in [6.07, 6.45) is 0. The number of nitriles is 1. The fourth-order valence-electron chi connectivity index (χ4n) is 2.55. The number of phenolic OH excluding ortho intramolecular Hbond substituents is 3. The molecule has 0 aliphatic carbocycles. The van der Waals surface area contributed by atoms with Crippen molar-refractivity contribution < 1.29 is 15.3 Å². The van der Waals surface area contributed by atoms with E-state index in [4.69, 9.17) is 5.26 Å². The minimum absolute atomic E-state index is 0.0452. The first-order valence-electron chi connectivity index (χ1n) is 6.95. The van der Waals surface area contributed by atoms with Crippen LogP contribution in [-0.4, -0.2) is 15.3 Å². The zero-order valence-corrected chi connectivity index (χ0v) is 12.1. The van der Waals surface area contributed by atoms with Crippen molar-refractivity contribution in [3.63, 3.8) is 0 Å². The van der Waals surface area contributed by atoms with E-state index >= 15 is 0 Å². The van der Waals surface area contributed by atoms with Gasteiger partial charge >= 0.3 is 0 Å². The lowest BCUT2D eigenvalue weighted by Crippen LogP contribution is -1.89. The molecule has 0 aliphatic rings. The summed E-state index contributed by atoms with van der Waals surface area (Å²) >= 11 is 0. The summed E-state index contributed by atoms with van der Waals surface area (Å²) in [6, 6.07) is 18.1. The van der Waals surface area contributed by atoms with Gasteiger partial charge < -0.3 is 15.3 Å². The summed E-state index contributed by atoms with van der Waals surface area (Å²) in [6.45, 7) is 0. The molecular formula is C19H13NO3. The van der Waals surface area contributed by atoms with Gasteiger partial charge in [-0.05, 0) is 35.9 Å². The van der Waals surface area contributed by atoms with E-state index in [-0.39, 0.29) is 17.2 Å². The molecule has 3 rings (SSSR count). The number of hydrogen-bond acceptors (Lipinski definition) is 4. The molecule has 0 aliphatic heterocycles. The molecule has 0 aromatic heterocycles. The van der Waals surface area contributed by atoms with E-state index in [1.807, 2.05) is 6.07 Å². The zero-order chi connectivity index (χ0) is 16.4. The molecule has 3 aromatic rings. The second kappa shape index (κ2) is 5.74. The van der Waals surface area contributed by atoms with Crippen LogP contribution in [0.2, 0.25) is 0 Å². The van der Waals surface area contributed by atoms with Crippen molar-refractivity contribution in [1.29, 1.82) is 5.26 Å². The Morgan fingerprint density at radius 1 is 0.652 bits per heavy atom. The summed E-state index contributed by atoms with van der Waals surface area (Å²) < 4.78 is 0. The van der Waals surface area contributed by atoms with Crippen LogP contribution in [0.4, 0.5) is 0 Å². The summed E-state index contributed by atoms with van der Waals surface area (Å²) in [4.78, 5) is 0. The van der Waals surface area contributed by atoms with Crippen molar-refractivity contribution >= 4 is 0 Å². The lowest BCUT2D eigenvalue weighted by Gasteiger charge is -2.14. The minimum Gasteiger partial charge on any atom is -0.507 e. The fraction of sp³-hybridized carbons (Fsp3) is 0. The predicted molar refractivity (Wildman–Crippen MR) is 87.0 cm³/mol. The van der Waals surface area contributed by atoms with Crippen molar-refractivity contribution in [1.82, 2.24) is 0 Å². The van der Waals surface area contributed by atoms with Crippen LogP contribution in [0.25, 0.3) is 22.3 Å². The summed E-state index contributed by atoms with van der Waals surface area (Å²) in [5, 5.41) is 39.6. The van der Waals surface area contributed by atoms with E-state index in [1.54, 1.807) is 36.4 Å². The number of para-hydroxylation sites is 1. The molecule has 0 amide bonds. The largest absolute Gasteiger partial charge is 0.507 e. The first-order valence-corrected chi connectivity index (χ1v) is 6.95. The van der Waals surface area contributed by atoms with E-state index in [2.05, 4.69) is 0 Å². The van der Waals surface area contributed by atoms with Crippen LogP contribution in [-0.2, 0) is 0 Å². The van der Waals surface area contributed by atoms with Crippen molar-refractivity contribution in [3.05, 3.63) is 66.2 Å². The maximum atomic E-state index is 10.3. The number of benzene rings is 3. The van der Waals surface area contributed by atoms with Gasteiger partial charge in [-0.25, -0.2) is 0 Å². The summed E-state index contributed by atoms with van der Waals surface area (Å²) in [5.41, 5.74) is 2.15. The molecule has 0 spiro atoms. The van der Waals surface area contributed by atoms with Crippen LogP contribution in [0.5, 0.6) is 17.2 Å². The molecule has 0 saturated carbocycles. The van der Waals surface area contributed by atoms with Gasteiger partial charge in [0.15, 0.2) is 0 Å². The zero-order valence-electron chi connectivity index (χ0n) is 12.1. The van der Waals surface area contributed by atoms with Gasteiger partial charge in [-0.15, -0.1) is 0 Å². The molecule has 0 fully saturated rings. The standard InChI is InChI=1S/C19H13NO3/c20-11-12-8-9-17(22)15(10-12)19-14(5-3-7-18(19)23)13-4-1-2-6-16(13)21/h1-10,21-23H. The monoisotopic (exact) mass is 303 g/mol. The van der Waals surface area contributed by atoms with Gasteiger partial charge in [0.2, 0.25) is 0 Å². The molecule has 3 N–H and O–H groups in total. The van der Waals surface area contributed by atoms with E-state index in [1.165, 1.54) is 24.3 Å². The van der Waals surface area contributed by atoms with E-state index in [0.29, 0.717) is 27.8 Å². The lowest BCUT2D eigenvalue weighted by molar-refractivity contribution is 0.468. The minimum atomic E-state index is -0.0535. The maximum Gasteiger partial charge on any atom is 0.124 e. The Balaban J connectivity index is 2.34. The number of hydrogen-bond donors (Lipinski definition) is 3. The third-order valence-electron chi connectivity index (χ3n) is 3.63. The highest BCUT2D eigenvalue weighted by atomic mass is 16.3. The van der Waals surface area contributed by atoms with E-state index in [9.17, 15) is 15.3 Å².